The van der Waals surface area contributed by atoms with Crippen LogP contribution >= 0.6 is 0 Å². The second-order valence-corrected chi connectivity index (χ2v) is 10.8. The number of hydrogen-bond donors (Lipinski definition) is 1. The van der Waals surface area contributed by atoms with Crippen molar-refractivity contribution in [3.05, 3.63) is 59.2 Å². The van der Waals surface area contributed by atoms with Gasteiger partial charge in [-0.05, 0) is 59.9 Å². The fourth-order valence-corrected chi connectivity index (χ4v) is 5.71. The highest BCUT2D eigenvalue weighted by Gasteiger charge is 2.58. The first kappa shape index (κ1) is 25.9. The Morgan fingerprint density at radius 3 is 2.03 bits per heavy atom. The molecule has 1 aliphatic carbocycles. The maximum atomic E-state index is 13.8. The number of benzene rings is 2. The second kappa shape index (κ2) is 10.5. The summed E-state index contributed by atoms with van der Waals surface area (Å²) < 4.78 is 0. The largest absolute Gasteiger partial charge is 0.332 e. The highest BCUT2D eigenvalue weighted by Crippen LogP contribution is 2.43. The molecule has 0 unspecified atom stereocenters. The molecule has 1 saturated carbocycles. The van der Waals surface area contributed by atoms with E-state index >= 15 is 0 Å². The molecule has 1 saturated heterocycles. The van der Waals surface area contributed by atoms with Gasteiger partial charge in [0.05, 0.1) is 0 Å². The van der Waals surface area contributed by atoms with Crippen molar-refractivity contribution in [1.29, 1.82) is 0 Å². The van der Waals surface area contributed by atoms with Crippen LogP contribution in [0.3, 0.4) is 0 Å². The maximum Gasteiger partial charge on any atom is 0.332 e. The lowest BCUT2D eigenvalue weighted by Crippen LogP contribution is -2.51. The summed E-state index contributed by atoms with van der Waals surface area (Å²) in [5.74, 6) is -0.147. The van der Waals surface area contributed by atoms with Crippen molar-refractivity contribution in [3.8, 4) is 0 Å². The van der Waals surface area contributed by atoms with Crippen molar-refractivity contribution in [2.45, 2.75) is 90.5 Å². The van der Waals surface area contributed by atoms with Gasteiger partial charge in [0.15, 0.2) is 0 Å². The first-order chi connectivity index (χ1) is 17.2. The molecule has 2 aromatic rings. The minimum absolute atomic E-state index is 0.223. The van der Waals surface area contributed by atoms with Crippen LogP contribution in [-0.4, -0.2) is 34.8 Å². The van der Waals surface area contributed by atoms with Crippen LogP contribution < -0.4 is 10.2 Å². The Hall–Kier alpha value is -3.15. The van der Waals surface area contributed by atoms with E-state index in [9.17, 15) is 14.4 Å². The molecule has 192 valence electrons. The van der Waals surface area contributed by atoms with Gasteiger partial charge in [-0.1, -0.05) is 84.2 Å². The number of carbonyl (C=O) groups excluding carboxylic acids is 3. The third-order valence-corrected chi connectivity index (χ3v) is 7.72. The maximum absolute atomic E-state index is 13.8. The Labute approximate surface area is 215 Å². The van der Waals surface area contributed by atoms with Crippen LogP contribution in [0.5, 0.6) is 0 Å². The third kappa shape index (κ3) is 4.65. The van der Waals surface area contributed by atoms with Crippen molar-refractivity contribution in [3.63, 3.8) is 0 Å². The summed E-state index contributed by atoms with van der Waals surface area (Å²) >= 11 is 0. The minimum Gasteiger partial charge on any atom is -0.324 e. The standard InChI is InChI=1S/C30H39N3O3/c1-6-22-13-15-23(16-14-22)33-29(36)32(28(35)30(33)17-8-7-9-18-30)19-26(34)31-27-24(20(2)3)11-10-12-25(27)21(4)5/h10-16,20-21H,6-9,17-19H2,1-5H3,(H,31,34). The lowest BCUT2D eigenvalue weighted by atomic mass is 9.80. The van der Waals surface area contributed by atoms with E-state index in [-0.39, 0.29) is 30.2 Å². The fraction of sp³-hybridized carbons (Fsp3) is 0.500. The van der Waals surface area contributed by atoms with Gasteiger partial charge >= 0.3 is 6.03 Å². The highest BCUT2D eigenvalue weighted by atomic mass is 16.2. The predicted octanol–water partition coefficient (Wildman–Crippen LogP) is 6.61. The molecule has 1 heterocycles. The monoisotopic (exact) mass is 489 g/mol. The van der Waals surface area contributed by atoms with Crippen LogP contribution in [0.15, 0.2) is 42.5 Å². The number of hydrogen-bond acceptors (Lipinski definition) is 3. The Balaban J connectivity index is 1.64. The lowest BCUT2D eigenvalue weighted by molar-refractivity contribution is -0.134. The molecule has 36 heavy (non-hydrogen) atoms. The second-order valence-electron chi connectivity index (χ2n) is 10.8. The summed E-state index contributed by atoms with van der Waals surface area (Å²) in [4.78, 5) is 43.7. The topological polar surface area (TPSA) is 69.7 Å². The zero-order valence-electron chi connectivity index (χ0n) is 22.3. The molecule has 0 aromatic heterocycles. The van der Waals surface area contributed by atoms with Crippen molar-refractivity contribution < 1.29 is 14.4 Å². The van der Waals surface area contributed by atoms with Gasteiger partial charge in [0.25, 0.3) is 5.91 Å². The molecule has 2 aromatic carbocycles. The van der Waals surface area contributed by atoms with Crippen LogP contribution in [0.1, 0.15) is 95.2 Å². The molecule has 6 nitrogen and oxygen atoms in total. The highest BCUT2D eigenvalue weighted by molar-refractivity contribution is 6.18. The lowest BCUT2D eigenvalue weighted by Gasteiger charge is -2.38. The van der Waals surface area contributed by atoms with Crippen LogP contribution in [0, 0.1) is 0 Å². The number of carbonyl (C=O) groups is 3. The number of rotatable bonds is 7. The Bertz CT molecular complexity index is 1100. The number of para-hydroxylation sites is 1. The zero-order valence-corrected chi connectivity index (χ0v) is 22.3. The van der Waals surface area contributed by atoms with E-state index in [2.05, 4.69) is 39.9 Å². The van der Waals surface area contributed by atoms with Gasteiger partial charge in [0, 0.05) is 11.4 Å². The first-order valence-electron chi connectivity index (χ1n) is 13.4. The van der Waals surface area contributed by atoms with E-state index in [1.165, 1.54) is 10.5 Å². The van der Waals surface area contributed by atoms with Crippen molar-refractivity contribution in [2.75, 3.05) is 16.8 Å². The molecule has 4 amide bonds. The van der Waals surface area contributed by atoms with Crippen LogP contribution in [0.25, 0.3) is 0 Å². The van der Waals surface area contributed by atoms with E-state index in [4.69, 9.17) is 0 Å². The summed E-state index contributed by atoms with van der Waals surface area (Å²) in [6.07, 6.45) is 4.99. The Morgan fingerprint density at radius 2 is 1.50 bits per heavy atom. The van der Waals surface area contributed by atoms with E-state index < -0.39 is 11.6 Å². The van der Waals surface area contributed by atoms with Crippen LogP contribution in [0.4, 0.5) is 16.2 Å². The molecule has 1 spiro atoms. The quantitative estimate of drug-likeness (QED) is 0.445. The van der Waals surface area contributed by atoms with E-state index in [0.717, 1.165) is 48.2 Å². The molecule has 0 atom stereocenters. The number of nitrogens with zero attached hydrogens (tertiary/aromatic N) is 2. The number of urea groups is 1. The molecule has 2 aliphatic rings. The molecule has 6 heteroatoms. The van der Waals surface area contributed by atoms with E-state index in [0.29, 0.717) is 12.8 Å². The summed E-state index contributed by atoms with van der Waals surface area (Å²) in [5, 5.41) is 3.07. The van der Waals surface area contributed by atoms with Gasteiger partial charge < -0.3 is 5.32 Å². The van der Waals surface area contributed by atoms with Gasteiger partial charge in [-0.3, -0.25) is 19.4 Å². The molecule has 1 aliphatic heterocycles. The van der Waals surface area contributed by atoms with Crippen molar-refractivity contribution in [1.82, 2.24) is 4.90 Å². The smallest absolute Gasteiger partial charge is 0.324 e. The summed E-state index contributed by atoms with van der Waals surface area (Å²) in [6.45, 7) is 10.2. The number of amides is 4. The average Bonchev–Trinajstić information content (AvgIpc) is 3.05. The molecule has 2 fully saturated rings. The van der Waals surface area contributed by atoms with Gasteiger partial charge in [0.2, 0.25) is 5.91 Å². The van der Waals surface area contributed by atoms with Crippen molar-refractivity contribution in [2.24, 2.45) is 0 Å². The van der Waals surface area contributed by atoms with Gasteiger partial charge in [-0.25, -0.2) is 4.79 Å². The summed E-state index contributed by atoms with van der Waals surface area (Å²) in [6, 6.07) is 13.5. The molecule has 4 rings (SSSR count). The molecule has 0 radical (unpaired) electrons. The number of aryl methyl sites for hydroxylation is 1. The van der Waals surface area contributed by atoms with Crippen molar-refractivity contribution >= 4 is 29.2 Å². The molecule has 0 bridgehead atoms. The number of anilines is 2. The Morgan fingerprint density at radius 1 is 0.917 bits per heavy atom. The SMILES string of the molecule is CCc1ccc(N2C(=O)N(CC(=O)Nc3c(C(C)C)cccc3C(C)C)C(=O)C23CCCCC3)cc1. The van der Waals surface area contributed by atoms with Crippen LogP contribution in [-0.2, 0) is 16.0 Å². The number of nitrogens with one attached hydrogen (secondary N) is 1. The fourth-order valence-electron chi connectivity index (χ4n) is 5.71. The van der Waals surface area contributed by atoms with E-state index in [1.807, 2.05) is 42.5 Å². The zero-order chi connectivity index (χ0) is 26.0. The average molecular weight is 490 g/mol. The number of imide groups is 1. The summed E-state index contributed by atoms with van der Waals surface area (Å²) in [5.41, 5.74) is 3.90. The predicted molar refractivity (Wildman–Crippen MR) is 144 cm³/mol. The molecular weight excluding hydrogens is 450 g/mol. The summed E-state index contributed by atoms with van der Waals surface area (Å²) in [7, 11) is 0. The van der Waals surface area contributed by atoms with Gasteiger partial charge in [0.1, 0.15) is 12.1 Å². The van der Waals surface area contributed by atoms with Crippen LogP contribution in [0.2, 0.25) is 0 Å². The molecular formula is C30H39N3O3. The van der Waals surface area contributed by atoms with Gasteiger partial charge in [-0.15, -0.1) is 0 Å². The van der Waals surface area contributed by atoms with Gasteiger partial charge in [-0.2, -0.15) is 0 Å². The minimum atomic E-state index is -0.901. The normalized spacial score (nSPS) is 17.5. The third-order valence-electron chi connectivity index (χ3n) is 7.72. The molecule has 1 N–H and O–H groups in total. The van der Waals surface area contributed by atoms with E-state index in [1.54, 1.807) is 4.90 Å². The Kier molecular flexibility index (Phi) is 7.53. The first-order valence-corrected chi connectivity index (χ1v) is 13.4.